The highest BCUT2D eigenvalue weighted by Gasteiger charge is 2.50. The minimum atomic E-state index is -1.78. The molecule has 1 fully saturated rings. The third kappa shape index (κ3) is 2.28. The van der Waals surface area contributed by atoms with E-state index in [4.69, 9.17) is 14.9 Å². The molecular formula is C9H16O6. The lowest BCUT2D eigenvalue weighted by molar-refractivity contribution is -0.207. The van der Waals surface area contributed by atoms with Gasteiger partial charge in [0.05, 0.1) is 6.61 Å². The van der Waals surface area contributed by atoms with Crippen LogP contribution in [0.2, 0.25) is 0 Å². The van der Waals surface area contributed by atoms with E-state index in [1.54, 1.807) is 0 Å². The molecule has 0 radical (unpaired) electrons. The SMILES string of the molecule is O=C(O)C1([C@@H](O)[C@@H](O)CO)CCCCO1. The fraction of sp³-hybridized carbons (Fsp3) is 0.889. The molecule has 1 aliphatic heterocycles. The number of aliphatic carboxylic acids is 1. The Kier molecular flexibility index (Phi) is 4.04. The Balaban J connectivity index is 2.84. The summed E-state index contributed by atoms with van der Waals surface area (Å²) >= 11 is 0. The molecule has 15 heavy (non-hydrogen) atoms. The molecule has 1 unspecified atom stereocenters. The lowest BCUT2D eigenvalue weighted by Gasteiger charge is -2.38. The summed E-state index contributed by atoms with van der Waals surface area (Å²) in [7, 11) is 0. The van der Waals surface area contributed by atoms with Crippen LogP contribution in [-0.4, -0.2) is 57.4 Å². The van der Waals surface area contributed by atoms with Gasteiger partial charge in [-0.05, 0) is 19.3 Å². The maximum absolute atomic E-state index is 11.1. The van der Waals surface area contributed by atoms with E-state index in [-0.39, 0.29) is 13.0 Å². The van der Waals surface area contributed by atoms with Crippen molar-refractivity contribution in [3.63, 3.8) is 0 Å². The highest BCUT2D eigenvalue weighted by atomic mass is 16.5. The minimum Gasteiger partial charge on any atom is -0.479 e. The fourth-order valence-corrected chi connectivity index (χ4v) is 1.76. The Hall–Kier alpha value is -0.690. The van der Waals surface area contributed by atoms with Crippen LogP contribution in [0.5, 0.6) is 0 Å². The van der Waals surface area contributed by atoms with Gasteiger partial charge in [0.25, 0.3) is 0 Å². The third-order valence-electron chi connectivity index (χ3n) is 2.69. The monoisotopic (exact) mass is 220 g/mol. The summed E-state index contributed by atoms with van der Waals surface area (Å²) in [6, 6.07) is 0. The molecule has 0 aliphatic carbocycles. The Labute approximate surface area is 87.1 Å². The number of carboxylic acids is 1. The first-order chi connectivity index (χ1) is 7.04. The van der Waals surface area contributed by atoms with Crippen molar-refractivity contribution in [2.24, 2.45) is 0 Å². The zero-order valence-electron chi connectivity index (χ0n) is 8.30. The Bertz CT molecular complexity index is 223. The first-order valence-corrected chi connectivity index (χ1v) is 4.89. The van der Waals surface area contributed by atoms with Gasteiger partial charge in [-0.1, -0.05) is 0 Å². The second-order valence-corrected chi connectivity index (χ2v) is 3.69. The quantitative estimate of drug-likeness (QED) is 0.470. The van der Waals surface area contributed by atoms with E-state index < -0.39 is 30.4 Å². The average Bonchev–Trinajstić information content (AvgIpc) is 2.27. The Morgan fingerprint density at radius 2 is 2.07 bits per heavy atom. The molecule has 6 heteroatoms. The highest BCUT2D eigenvalue weighted by molar-refractivity contribution is 5.78. The van der Waals surface area contributed by atoms with Crippen LogP contribution in [0.25, 0.3) is 0 Å². The van der Waals surface area contributed by atoms with Gasteiger partial charge in [-0.3, -0.25) is 0 Å². The van der Waals surface area contributed by atoms with Crippen LogP contribution in [0.4, 0.5) is 0 Å². The van der Waals surface area contributed by atoms with Crippen molar-refractivity contribution in [2.45, 2.75) is 37.1 Å². The van der Waals surface area contributed by atoms with Crippen LogP contribution in [0.1, 0.15) is 19.3 Å². The van der Waals surface area contributed by atoms with Crippen molar-refractivity contribution >= 4 is 5.97 Å². The molecule has 6 nitrogen and oxygen atoms in total. The maximum atomic E-state index is 11.1. The van der Waals surface area contributed by atoms with Gasteiger partial charge in [-0.15, -0.1) is 0 Å². The molecule has 4 N–H and O–H groups in total. The standard InChI is InChI=1S/C9H16O6/c10-5-6(11)7(12)9(8(13)14)3-1-2-4-15-9/h6-7,10-12H,1-5H2,(H,13,14)/t6-,7-,9?/m0/s1. The molecular weight excluding hydrogens is 204 g/mol. The van der Waals surface area contributed by atoms with Crippen molar-refractivity contribution in [1.29, 1.82) is 0 Å². The first-order valence-electron chi connectivity index (χ1n) is 4.89. The van der Waals surface area contributed by atoms with E-state index in [1.165, 1.54) is 0 Å². The predicted octanol–water partition coefficient (Wildman–Crippen LogP) is -1.28. The van der Waals surface area contributed by atoms with Crippen molar-refractivity contribution in [1.82, 2.24) is 0 Å². The third-order valence-corrected chi connectivity index (χ3v) is 2.69. The van der Waals surface area contributed by atoms with Gasteiger partial charge in [-0.25, -0.2) is 4.79 Å². The number of rotatable bonds is 4. The van der Waals surface area contributed by atoms with E-state index in [0.29, 0.717) is 6.42 Å². The summed E-state index contributed by atoms with van der Waals surface area (Å²) < 4.78 is 5.09. The summed E-state index contributed by atoms with van der Waals surface area (Å²) in [5, 5.41) is 36.6. The number of aliphatic hydroxyl groups excluding tert-OH is 3. The number of carboxylic acid groups (broad SMARTS) is 1. The molecule has 0 aromatic heterocycles. The number of hydrogen-bond acceptors (Lipinski definition) is 5. The number of ether oxygens (including phenoxy) is 1. The van der Waals surface area contributed by atoms with E-state index in [2.05, 4.69) is 0 Å². The normalized spacial score (nSPS) is 30.9. The molecule has 1 saturated heterocycles. The molecule has 1 rings (SSSR count). The zero-order valence-corrected chi connectivity index (χ0v) is 8.30. The average molecular weight is 220 g/mol. The van der Waals surface area contributed by atoms with E-state index >= 15 is 0 Å². The molecule has 0 bridgehead atoms. The van der Waals surface area contributed by atoms with Crippen LogP contribution < -0.4 is 0 Å². The lowest BCUT2D eigenvalue weighted by Crippen LogP contribution is -2.58. The van der Waals surface area contributed by atoms with E-state index in [9.17, 15) is 15.0 Å². The van der Waals surface area contributed by atoms with Crippen LogP contribution in [0.3, 0.4) is 0 Å². The Morgan fingerprint density at radius 3 is 2.47 bits per heavy atom. The van der Waals surface area contributed by atoms with Gasteiger partial charge in [0.2, 0.25) is 0 Å². The fourth-order valence-electron chi connectivity index (χ4n) is 1.76. The molecule has 0 saturated carbocycles. The van der Waals surface area contributed by atoms with Gasteiger partial charge < -0.3 is 25.2 Å². The number of hydrogen-bond donors (Lipinski definition) is 4. The lowest BCUT2D eigenvalue weighted by atomic mass is 9.85. The van der Waals surface area contributed by atoms with E-state index in [1.807, 2.05) is 0 Å². The van der Waals surface area contributed by atoms with Crippen LogP contribution in [0, 0.1) is 0 Å². The summed E-state index contributed by atoms with van der Waals surface area (Å²) in [5.41, 5.74) is -1.78. The van der Waals surface area contributed by atoms with Crippen molar-refractivity contribution in [3.05, 3.63) is 0 Å². The molecule has 0 spiro atoms. The van der Waals surface area contributed by atoms with Gasteiger partial charge in [-0.2, -0.15) is 0 Å². The summed E-state index contributed by atoms with van der Waals surface area (Å²) in [6.07, 6.45) is -1.63. The first kappa shape index (κ1) is 12.4. The molecule has 0 aromatic rings. The summed E-state index contributed by atoms with van der Waals surface area (Å²) in [4.78, 5) is 11.1. The van der Waals surface area contributed by atoms with Crippen molar-refractivity contribution < 1.29 is 30.0 Å². The molecule has 0 amide bonds. The molecule has 88 valence electrons. The van der Waals surface area contributed by atoms with Crippen LogP contribution in [-0.2, 0) is 9.53 Å². The van der Waals surface area contributed by atoms with Crippen molar-refractivity contribution in [2.75, 3.05) is 13.2 Å². The van der Waals surface area contributed by atoms with Crippen molar-refractivity contribution in [3.8, 4) is 0 Å². The van der Waals surface area contributed by atoms with Crippen LogP contribution >= 0.6 is 0 Å². The predicted molar refractivity (Wildman–Crippen MR) is 49.3 cm³/mol. The summed E-state index contributed by atoms with van der Waals surface area (Å²) in [5.74, 6) is -1.30. The van der Waals surface area contributed by atoms with Gasteiger partial charge in [0.15, 0.2) is 5.60 Å². The van der Waals surface area contributed by atoms with Crippen LogP contribution in [0.15, 0.2) is 0 Å². The molecule has 3 atom stereocenters. The smallest absolute Gasteiger partial charge is 0.338 e. The summed E-state index contributed by atoms with van der Waals surface area (Å²) in [6.45, 7) is -0.457. The zero-order chi connectivity index (χ0) is 11.5. The highest BCUT2D eigenvalue weighted by Crippen LogP contribution is 2.30. The number of aliphatic hydroxyl groups is 3. The molecule has 1 aliphatic rings. The Morgan fingerprint density at radius 1 is 1.40 bits per heavy atom. The van der Waals surface area contributed by atoms with Gasteiger partial charge >= 0.3 is 5.97 Å². The second kappa shape index (κ2) is 4.89. The van der Waals surface area contributed by atoms with Gasteiger partial charge in [0.1, 0.15) is 12.2 Å². The van der Waals surface area contributed by atoms with Gasteiger partial charge in [0, 0.05) is 6.61 Å². The topological polar surface area (TPSA) is 107 Å². The largest absolute Gasteiger partial charge is 0.479 e. The maximum Gasteiger partial charge on any atom is 0.338 e. The van der Waals surface area contributed by atoms with E-state index in [0.717, 1.165) is 6.42 Å². The minimum absolute atomic E-state index is 0.139. The molecule has 1 heterocycles. The molecule has 0 aromatic carbocycles. The number of carbonyl (C=O) groups is 1. The second-order valence-electron chi connectivity index (χ2n) is 3.69.